The molecule has 0 bridgehead atoms. The Hall–Kier alpha value is 0.480. The van der Waals surface area contributed by atoms with E-state index in [4.69, 9.17) is 54.1 Å². The summed E-state index contributed by atoms with van der Waals surface area (Å²) >= 11 is 19.0. The van der Waals surface area contributed by atoms with Crippen LogP contribution in [0.5, 0.6) is 0 Å². The number of H-pyrrole nitrogens is 1. The summed E-state index contributed by atoms with van der Waals surface area (Å²) in [6, 6.07) is 1.10. The SMILES string of the molecule is O=c1ccn(COCCOP(=S)(S)OP(=O)(O)C(Cl)(Cl)P(=O)(O)O)c(=O)[nH]1. The summed E-state index contributed by atoms with van der Waals surface area (Å²) in [6.07, 6.45) is 1.19. The highest BCUT2D eigenvalue weighted by Gasteiger charge is 2.61. The van der Waals surface area contributed by atoms with Crippen LogP contribution in [0.4, 0.5) is 0 Å². The summed E-state index contributed by atoms with van der Waals surface area (Å²) in [6.45, 7) is -0.764. The summed E-state index contributed by atoms with van der Waals surface area (Å²) < 4.78 is 35.2. The number of rotatable bonds is 10. The molecule has 0 aliphatic heterocycles. The highest BCUT2D eigenvalue weighted by atomic mass is 35.5. The molecular weight excluding hydrogens is 512 g/mol. The van der Waals surface area contributed by atoms with E-state index in [0.29, 0.717) is 0 Å². The molecule has 2 unspecified atom stereocenters. The second-order valence-electron chi connectivity index (χ2n) is 4.57. The summed E-state index contributed by atoms with van der Waals surface area (Å²) in [5.74, 6) is 0. The van der Waals surface area contributed by atoms with Crippen molar-refractivity contribution in [2.24, 2.45) is 0 Å². The topological polar surface area (TPSA) is 177 Å². The predicted octanol–water partition coefficient (Wildman–Crippen LogP) is 1.15. The van der Waals surface area contributed by atoms with Crippen LogP contribution in [-0.4, -0.2) is 41.3 Å². The van der Waals surface area contributed by atoms with Gasteiger partial charge in [0.15, 0.2) is 0 Å². The Morgan fingerprint density at radius 1 is 1.26 bits per heavy atom. The summed E-state index contributed by atoms with van der Waals surface area (Å²) in [4.78, 5) is 51.8. The fourth-order valence-corrected chi connectivity index (χ4v) is 7.68. The molecule has 12 nitrogen and oxygen atoms in total. The zero-order chi connectivity index (χ0) is 21.1. The van der Waals surface area contributed by atoms with Gasteiger partial charge in [-0.2, -0.15) is 0 Å². The molecule has 0 amide bonds. The van der Waals surface area contributed by atoms with Crippen LogP contribution in [-0.2, 0) is 41.2 Å². The summed E-state index contributed by atoms with van der Waals surface area (Å²) in [7, 11) is -10.8. The molecule has 1 aromatic heterocycles. The largest absolute Gasteiger partial charge is 0.382 e. The van der Waals surface area contributed by atoms with E-state index in [9.17, 15) is 23.6 Å². The van der Waals surface area contributed by atoms with Crippen LogP contribution in [0.25, 0.3) is 0 Å². The predicted molar refractivity (Wildman–Crippen MR) is 104 cm³/mol. The molecule has 1 heterocycles. The van der Waals surface area contributed by atoms with E-state index in [1.807, 2.05) is 4.98 Å². The lowest BCUT2D eigenvalue weighted by Crippen LogP contribution is -2.29. The molecule has 0 radical (unpaired) electrons. The maximum atomic E-state index is 11.9. The fraction of sp³-hybridized carbons (Fsp3) is 0.500. The average Bonchev–Trinajstić information content (AvgIpc) is 2.46. The first-order valence-corrected chi connectivity index (χ1v) is 14.2. The molecular formula is C8H13Cl2N2O10P3S2. The Bertz CT molecular complexity index is 930. The number of hydrogen-bond donors (Lipinski definition) is 5. The monoisotopic (exact) mass is 524 g/mol. The number of halogens is 2. The van der Waals surface area contributed by atoms with Crippen molar-refractivity contribution in [1.82, 2.24) is 9.55 Å². The van der Waals surface area contributed by atoms with Crippen LogP contribution in [0.2, 0.25) is 0 Å². The number of aromatic amines is 1. The van der Waals surface area contributed by atoms with Crippen LogP contribution in [0.1, 0.15) is 0 Å². The van der Waals surface area contributed by atoms with Crippen LogP contribution >= 0.6 is 56.3 Å². The molecule has 0 aromatic carbocycles. The van der Waals surface area contributed by atoms with E-state index in [1.54, 1.807) is 0 Å². The van der Waals surface area contributed by atoms with E-state index in [0.717, 1.165) is 10.6 Å². The van der Waals surface area contributed by atoms with Crippen LogP contribution in [0.15, 0.2) is 21.9 Å². The third-order valence-corrected chi connectivity index (χ3v) is 12.2. The summed E-state index contributed by atoms with van der Waals surface area (Å²) in [5, 5.41) is 0. The zero-order valence-electron chi connectivity index (χ0n) is 12.9. The van der Waals surface area contributed by atoms with E-state index >= 15 is 0 Å². The molecule has 4 N–H and O–H groups in total. The quantitative estimate of drug-likeness (QED) is 0.128. The first-order valence-electron chi connectivity index (χ1n) is 6.41. The van der Waals surface area contributed by atoms with Gasteiger partial charge in [0.05, 0.1) is 13.2 Å². The maximum absolute atomic E-state index is 11.9. The highest BCUT2D eigenvalue weighted by molar-refractivity contribution is 8.60. The lowest BCUT2D eigenvalue weighted by Gasteiger charge is -2.28. The third-order valence-electron chi connectivity index (χ3n) is 2.51. The Labute approximate surface area is 171 Å². The molecule has 156 valence electrons. The van der Waals surface area contributed by atoms with Crippen molar-refractivity contribution in [2.75, 3.05) is 13.2 Å². The second kappa shape index (κ2) is 9.53. The van der Waals surface area contributed by atoms with Crippen LogP contribution in [0, 0.1) is 0 Å². The zero-order valence-corrected chi connectivity index (χ0v) is 18.8. The number of nitrogens with one attached hydrogen (secondary N) is 1. The number of alkyl halides is 2. The van der Waals surface area contributed by atoms with Crippen molar-refractivity contribution in [2.45, 2.75) is 10.5 Å². The van der Waals surface area contributed by atoms with E-state index in [2.05, 4.69) is 16.6 Å². The van der Waals surface area contributed by atoms with E-state index in [1.165, 1.54) is 6.20 Å². The third kappa shape index (κ3) is 7.35. The van der Waals surface area contributed by atoms with Crippen molar-refractivity contribution in [3.63, 3.8) is 0 Å². The van der Waals surface area contributed by atoms with Crippen molar-refractivity contribution >= 4 is 68.1 Å². The van der Waals surface area contributed by atoms with Gasteiger partial charge in [-0.25, -0.2) is 9.11 Å². The van der Waals surface area contributed by atoms with Gasteiger partial charge in [0.2, 0.25) is 0 Å². The Kier molecular flexibility index (Phi) is 9.00. The van der Waals surface area contributed by atoms with Crippen molar-refractivity contribution in [3.8, 4) is 0 Å². The summed E-state index contributed by atoms with van der Waals surface area (Å²) in [5.41, 5.74) is -5.08. The van der Waals surface area contributed by atoms with Gasteiger partial charge < -0.3 is 23.9 Å². The van der Waals surface area contributed by atoms with Crippen molar-refractivity contribution < 1.29 is 37.4 Å². The number of nitrogens with zero attached hydrogens (tertiary/aromatic N) is 1. The molecule has 0 aliphatic rings. The van der Waals surface area contributed by atoms with Gasteiger partial charge in [-0.05, 0) is 11.8 Å². The minimum absolute atomic E-state index is 0.186. The molecule has 0 aliphatic carbocycles. The van der Waals surface area contributed by atoms with E-state index < -0.39 is 35.9 Å². The van der Waals surface area contributed by atoms with Gasteiger partial charge >= 0.3 is 24.7 Å². The average molecular weight is 525 g/mol. The first kappa shape index (κ1) is 25.5. The van der Waals surface area contributed by atoms with Crippen molar-refractivity contribution in [1.29, 1.82) is 0 Å². The molecule has 0 saturated heterocycles. The van der Waals surface area contributed by atoms with E-state index in [-0.39, 0.29) is 19.9 Å². The number of hydrogen-bond acceptors (Lipinski definition) is 8. The van der Waals surface area contributed by atoms with Gasteiger partial charge in [-0.1, -0.05) is 35.5 Å². The van der Waals surface area contributed by atoms with Gasteiger partial charge in [0.25, 0.3) is 11.3 Å². The normalized spacial score (nSPS) is 17.3. The van der Waals surface area contributed by atoms with Gasteiger partial charge in [-0.3, -0.25) is 23.5 Å². The molecule has 0 fully saturated rings. The molecule has 27 heavy (non-hydrogen) atoms. The maximum Gasteiger partial charge on any atom is 0.382 e. The second-order valence-corrected chi connectivity index (χ2v) is 16.5. The molecule has 2 atom stereocenters. The minimum Gasteiger partial charge on any atom is -0.358 e. The Morgan fingerprint density at radius 3 is 2.37 bits per heavy atom. The molecule has 0 saturated carbocycles. The number of ether oxygens (including phenoxy) is 1. The minimum atomic E-state index is -5.46. The molecule has 1 rings (SSSR count). The van der Waals surface area contributed by atoms with Crippen LogP contribution in [0.3, 0.4) is 0 Å². The van der Waals surface area contributed by atoms with Gasteiger partial charge in [0, 0.05) is 12.3 Å². The lowest BCUT2D eigenvalue weighted by molar-refractivity contribution is 0.0524. The Balaban J connectivity index is 2.57. The van der Waals surface area contributed by atoms with Gasteiger partial charge in [0.1, 0.15) is 6.73 Å². The first-order chi connectivity index (χ1) is 12.1. The van der Waals surface area contributed by atoms with Crippen LogP contribution < -0.4 is 11.2 Å². The number of thiol groups is 1. The van der Waals surface area contributed by atoms with Gasteiger partial charge in [-0.15, -0.1) is 0 Å². The lowest BCUT2D eigenvalue weighted by atomic mass is 10.6. The molecule has 1 aromatic rings. The molecule has 19 heteroatoms. The smallest absolute Gasteiger partial charge is 0.358 e. The number of aromatic nitrogens is 2. The fourth-order valence-electron chi connectivity index (χ4n) is 1.30. The molecule has 0 spiro atoms. The highest BCUT2D eigenvalue weighted by Crippen LogP contribution is 2.81. The Morgan fingerprint density at radius 2 is 1.85 bits per heavy atom. The standard InChI is InChI=1S/C8H13Cl2N2O10P3S2/c9-8(10,23(15,16)17)24(18,19)22-25(26,27)21-4-3-20-5-12-2-1-6(13)11-7(12)14/h1-2H,3-5H2,(H,18,19)(H,26,27)(H,11,13,14)(H2,15,16,17). The van der Waals surface area contributed by atoms with Crippen molar-refractivity contribution in [3.05, 3.63) is 33.1 Å².